The lowest BCUT2D eigenvalue weighted by molar-refractivity contribution is -0.121. The van der Waals surface area contributed by atoms with Gasteiger partial charge in [0.05, 0.1) is 43.5 Å². The summed E-state index contributed by atoms with van der Waals surface area (Å²) in [5.74, 6) is -2.10. The average Bonchev–Trinajstić information content (AvgIpc) is 2.92. The summed E-state index contributed by atoms with van der Waals surface area (Å²) in [5, 5.41) is 14.6. The van der Waals surface area contributed by atoms with Gasteiger partial charge in [0.15, 0.2) is 11.5 Å². The molecule has 12 heteroatoms. The van der Waals surface area contributed by atoms with Crippen molar-refractivity contribution < 1.29 is 33.6 Å². The fraction of sp³-hybridized carbons (Fsp3) is 0.296. The molecule has 0 unspecified atom stereocenters. The Hall–Kier alpha value is -3.89. The van der Waals surface area contributed by atoms with Crippen LogP contribution in [0.1, 0.15) is 46.3 Å². The predicted molar refractivity (Wildman–Crippen MR) is 146 cm³/mol. The molecule has 3 rings (SSSR count). The molecule has 0 aliphatic rings. The number of H-pyrrole nitrogens is 1. The zero-order valence-corrected chi connectivity index (χ0v) is 23.2. The lowest BCUT2D eigenvalue weighted by Gasteiger charge is -2.22. The van der Waals surface area contributed by atoms with Crippen molar-refractivity contribution in [1.29, 1.82) is 0 Å². The van der Waals surface area contributed by atoms with Gasteiger partial charge in [0, 0.05) is 25.1 Å². The Balaban J connectivity index is 2.09. The summed E-state index contributed by atoms with van der Waals surface area (Å²) in [6, 6.07) is 8.08. The molecule has 10 nitrogen and oxygen atoms in total. The summed E-state index contributed by atoms with van der Waals surface area (Å²) in [7, 11) is 4.28. The van der Waals surface area contributed by atoms with Crippen molar-refractivity contribution >= 4 is 35.1 Å². The SMILES string of the molecule is CCOC(=O)c1c[nH]c(=O)c([C@H](CC(=O)NCc2ccc(Cl)c(Cl)c2)c2cc(OC)c(OC)c(OC)c2)c1O. The first-order chi connectivity index (χ1) is 18.6. The molecule has 3 N–H and O–H groups in total. The molecule has 0 spiro atoms. The molecule has 1 atom stereocenters. The minimum atomic E-state index is -1.04. The Morgan fingerprint density at radius 1 is 1.03 bits per heavy atom. The van der Waals surface area contributed by atoms with Crippen LogP contribution in [0.15, 0.2) is 41.3 Å². The predicted octanol–water partition coefficient (Wildman–Crippen LogP) is 4.43. The van der Waals surface area contributed by atoms with E-state index in [1.54, 1.807) is 37.3 Å². The first kappa shape index (κ1) is 29.7. The van der Waals surface area contributed by atoms with Crippen LogP contribution in [0.5, 0.6) is 23.0 Å². The first-order valence-corrected chi connectivity index (χ1v) is 12.5. The Morgan fingerprint density at radius 2 is 1.69 bits per heavy atom. The van der Waals surface area contributed by atoms with Gasteiger partial charge in [0.1, 0.15) is 11.3 Å². The summed E-state index contributed by atoms with van der Waals surface area (Å²) < 4.78 is 21.3. The Kier molecular flexibility index (Phi) is 10.1. The number of esters is 1. The molecule has 2 aromatic carbocycles. The van der Waals surface area contributed by atoms with Crippen LogP contribution in [-0.2, 0) is 16.1 Å². The van der Waals surface area contributed by atoms with Crippen LogP contribution in [0.2, 0.25) is 10.0 Å². The molecule has 0 fully saturated rings. The molecule has 1 amide bonds. The van der Waals surface area contributed by atoms with Crippen molar-refractivity contribution in [2.45, 2.75) is 25.8 Å². The van der Waals surface area contributed by atoms with Crippen molar-refractivity contribution in [3.05, 3.63) is 79.2 Å². The van der Waals surface area contributed by atoms with Gasteiger partial charge in [-0.25, -0.2) is 4.79 Å². The third-order valence-corrected chi connectivity index (χ3v) is 6.64. The zero-order chi connectivity index (χ0) is 28.7. The molecule has 1 aromatic heterocycles. The van der Waals surface area contributed by atoms with Gasteiger partial charge in [-0.3, -0.25) is 9.59 Å². The number of nitrogens with one attached hydrogen (secondary N) is 2. The molecule has 0 saturated heterocycles. The number of amides is 1. The van der Waals surface area contributed by atoms with E-state index < -0.39 is 29.1 Å². The number of aromatic nitrogens is 1. The molecule has 3 aromatic rings. The average molecular weight is 579 g/mol. The maximum absolute atomic E-state index is 13.2. The van der Waals surface area contributed by atoms with E-state index in [4.69, 9.17) is 42.1 Å². The highest BCUT2D eigenvalue weighted by Gasteiger charge is 2.30. The van der Waals surface area contributed by atoms with Gasteiger partial charge in [0.2, 0.25) is 11.7 Å². The number of halogens is 2. The summed E-state index contributed by atoms with van der Waals surface area (Å²) in [6.45, 7) is 1.79. The Morgan fingerprint density at radius 3 is 2.26 bits per heavy atom. The number of carbonyl (C=O) groups excluding carboxylic acids is 2. The summed E-state index contributed by atoms with van der Waals surface area (Å²) in [6.07, 6.45) is 0.776. The number of carbonyl (C=O) groups is 2. The van der Waals surface area contributed by atoms with Crippen LogP contribution in [0.3, 0.4) is 0 Å². The number of methoxy groups -OCH3 is 3. The van der Waals surface area contributed by atoms with Crippen molar-refractivity contribution in [3.8, 4) is 23.0 Å². The van der Waals surface area contributed by atoms with Gasteiger partial charge in [-0.15, -0.1) is 0 Å². The second-order valence-electron chi connectivity index (χ2n) is 8.25. The summed E-state index contributed by atoms with van der Waals surface area (Å²) >= 11 is 12.0. The number of rotatable bonds is 11. The van der Waals surface area contributed by atoms with Gasteiger partial charge in [-0.2, -0.15) is 0 Å². The van der Waals surface area contributed by atoms with E-state index in [0.717, 1.165) is 6.20 Å². The van der Waals surface area contributed by atoms with E-state index in [1.807, 2.05) is 0 Å². The lowest BCUT2D eigenvalue weighted by Crippen LogP contribution is -2.28. The highest BCUT2D eigenvalue weighted by molar-refractivity contribution is 6.42. The van der Waals surface area contributed by atoms with Crippen molar-refractivity contribution in [3.63, 3.8) is 0 Å². The zero-order valence-electron chi connectivity index (χ0n) is 21.7. The molecular formula is C27H28Cl2N2O8. The molecule has 0 aliphatic heterocycles. The smallest absolute Gasteiger partial charge is 0.343 e. The van der Waals surface area contributed by atoms with E-state index in [2.05, 4.69) is 10.3 Å². The van der Waals surface area contributed by atoms with Gasteiger partial charge in [-0.05, 0) is 42.3 Å². The summed E-state index contributed by atoms with van der Waals surface area (Å²) in [4.78, 5) is 41.1. The van der Waals surface area contributed by atoms with E-state index in [0.29, 0.717) is 26.9 Å². The van der Waals surface area contributed by atoms with E-state index in [9.17, 15) is 19.5 Å². The fourth-order valence-electron chi connectivity index (χ4n) is 4.02. The third-order valence-electron chi connectivity index (χ3n) is 5.90. The first-order valence-electron chi connectivity index (χ1n) is 11.8. The monoisotopic (exact) mass is 578 g/mol. The standard InChI is InChI=1S/C27H28Cl2N2O8/c1-5-39-27(35)17-13-31-26(34)23(24(17)33)16(15-9-20(36-2)25(38-4)21(10-15)37-3)11-22(32)30-12-14-6-7-18(28)19(29)8-14/h6-10,13,16H,5,11-12H2,1-4H3,(H,30,32)(H2,31,33,34)/t16-/m1/s1. The minimum absolute atomic E-state index is 0.0557. The van der Waals surface area contributed by atoms with Crippen molar-refractivity contribution in [2.24, 2.45) is 0 Å². The van der Waals surface area contributed by atoms with Crippen LogP contribution >= 0.6 is 23.2 Å². The maximum Gasteiger partial charge on any atom is 0.343 e. The third kappa shape index (κ3) is 6.76. The van der Waals surface area contributed by atoms with Crippen LogP contribution < -0.4 is 25.1 Å². The molecule has 0 saturated carbocycles. The van der Waals surface area contributed by atoms with Gasteiger partial charge in [-0.1, -0.05) is 29.3 Å². The Bertz CT molecular complexity index is 1400. The molecule has 0 radical (unpaired) electrons. The largest absolute Gasteiger partial charge is 0.506 e. The number of hydrogen-bond acceptors (Lipinski definition) is 8. The molecule has 39 heavy (non-hydrogen) atoms. The molecule has 1 heterocycles. The molecule has 0 bridgehead atoms. The maximum atomic E-state index is 13.2. The molecular weight excluding hydrogens is 551 g/mol. The van der Waals surface area contributed by atoms with Crippen LogP contribution in [0.4, 0.5) is 0 Å². The van der Waals surface area contributed by atoms with Crippen molar-refractivity contribution in [1.82, 2.24) is 10.3 Å². The van der Waals surface area contributed by atoms with Crippen molar-refractivity contribution in [2.75, 3.05) is 27.9 Å². The van der Waals surface area contributed by atoms with Crippen LogP contribution in [-0.4, -0.2) is 49.9 Å². The minimum Gasteiger partial charge on any atom is -0.506 e. The quantitative estimate of drug-likeness (QED) is 0.284. The van der Waals surface area contributed by atoms with Crippen LogP contribution in [0.25, 0.3) is 0 Å². The Labute approximate surface area is 234 Å². The number of benzene rings is 2. The number of aromatic hydroxyl groups is 1. The number of aromatic amines is 1. The van der Waals surface area contributed by atoms with Gasteiger partial charge >= 0.3 is 5.97 Å². The van der Waals surface area contributed by atoms with Gasteiger partial charge < -0.3 is 34.4 Å². The van der Waals surface area contributed by atoms with E-state index >= 15 is 0 Å². The normalized spacial score (nSPS) is 11.4. The highest BCUT2D eigenvalue weighted by atomic mass is 35.5. The fourth-order valence-corrected chi connectivity index (χ4v) is 4.34. The topological polar surface area (TPSA) is 136 Å². The molecule has 0 aliphatic carbocycles. The lowest BCUT2D eigenvalue weighted by atomic mass is 9.87. The van der Waals surface area contributed by atoms with E-state index in [1.165, 1.54) is 21.3 Å². The van der Waals surface area contributed by atoms with E-state index in [-0.39, 0.29) is 42.2 Å². The highest BCUT2D eigenvalue weighted by Crippen LogP contribution is 2.43. The summed E-state index contributed by atoms with van der Waals surface area (Å²) in [5.41, 5.74) is -0.0701. The van der Waals surface area contributed by atoms with Gasteiger partial charge in [0.25, 0.3) is 5.56 Å². The number of ether oxygens (including phenoxy) is 4. The second kappa shape index (κ2) is 13.3. The second-order valence-corrected chi connectivity index (χ2v) is 9.07. The number of hydrogen-bond donors (Lipinski definition) is 3. The number of pyridine rings is 1. The van der Waals surface area contributed by atoms with Crippen LogP contribution in [0, 0.1) is 0 Å². The molecule has 208 valence electrons.